The summed E-state index contributed by atoms with van der Waals surface area (Å²) >= 11 is 0. The van der Waals surface area contributed by atoms with Crippen LogP contribution in [0.15, 0.2) is 89.2 Å². The number of hydrazine groups is 1. The molecule has 0 radical (unpaired) electrons. The molecule has 2 heterocycles. The summed E-state index contributed by atoms with van der Waals surface area (Å²) in [6.45, 7) is 1.56. The topological polar surface area (TPSA) is 132 Å². The third kappa shape index (κ3) is 5.10. The smallest absolute Gasteiger partial charge is 0.258 e. The molecule has 4 aromatic rings. The van der Waals surface area contributed by atoms with Gasteiger partial charge in [-0.25, -0.2) is 11.4 Å². The van der Waals surface area contributed by atoms with Crippen molar-refractivity contribution in [2.45, 2.75) is 13.1 Å². The first kappa shape index (κ1) is 21.8. The maximum absolute atomic E-state index is 13.1. The number of hydrazone groups is 1. The highest BCUT2D eigenvalue weighted by Crippen LogP contribution is 2.14. The number of amides is 1. The van der Waals surface area contributed by atoms with E-state index >= 15 is 0 Å². The molecule has 4 rings (SSSR count). The zero-order valence-corrected chi connectivity index (χ0v) is 17.9. The van der Waals surface area contributed by atoms with Gasteiger partial charge >= 0.3 is 0 Å². The van der Waals surface area contributed by atoms with E-state index in [2.05, 4.69) is 16.0 Å². The average molecular weight is 444 g/mol. The summed E-state index contributed by atoms with van der Waals surface area (Å²) in [6.07, 6.45) is 5.64. The second-order valence-corrected chi connectivity index (χ2v) is 7.55. The number of carbonyl (C=O) groups is 1. The van der Waals surface area contributed by atoms with Gasteiger partial charge in [-0.15, -0.1) is 5.10 Å². The normalized spacial score (nSPS) is 11.5. The summed E-state index contributed by atoms with van der Waals surface area (Å²) in [5.41, 5.74) is 9.91. The number of pyridine rings is 1. The molecule has 0 aliphatic heterocycles. The predicted octanol–water partition coefficient (Wildman–Crippen LogP) is 1.36. The Bertz CT molecular complexity index is 1340. The van der Waals surface area contributed by atoms with Crippen molar-refractivity contribution in [1.82, 2.24) is 20.0 Å². The number of nitrogens with zero attached hydrogens (tertiary/aromatic N) is 3. The number of amidine groups is 1. The fourth-order valence-corrected chi connectivity index (χ4v) is 3.58. The van der Waals surface area contributed by atoms with Crippen molar-refractivity contribution >= 4 is 22.5 Å². The first-order valence-electron chi connectivity index (χ1n) is 10.5. The van der Waals surface area contributed by atoms with Crippen LogP contribution < -0.4 is 28.0 Å². The van der Waals surface area contributed by atoms with Gasteiger partial charge in [0.1, 0.15) is 0 Å². The Morgan fingerprint density at radius 2 is 1.70 bits per heavy atom. The van der Waals surface area contributed by atoms with Crippen LogP contribution in [0.4, 0.5) is 0 Å². The lowest BCUT2D eigenvalue weighted by Crippen LogP contribution is -2.27. The van der Waals surface area contributed by atoms with Crippen molar-refractivity contribution in [3.05, 3.63) is 106 Å². The van der Waals surface area contributed by atoms with E-state index in [0.29, 0.717) is 30.6 Å². The average Bonchev–Trinajstić information content (AvgIpc) is 3.35. The highest BCUT2D eigenvalue weighted by atomic mass is 16.1. The third-order valence-corrected chi connectivity index (χ3v) is 5.35. The minimum Gasteiger partial charge on any atom is -0.382 e. The van der Waals surface area contributed by atoms with Crippen molar-refractivity contribution in [2.75, 3.05) is 6.54 Å². The van der Waals surface area contributed by atoms with E-state index in [9.17, 15) is 9.59 Å². The molecule has 0 atom stereocenters. The van der Waals surface area contributed by atoms with Crippen LogP contribution in [0.5, 0.6) is 0 Å². The van der Waals surface area contributed by atoms with Gasteiger partial charge in [-0.05, 0) is 41.3 Å². The molecule has 1 amide bonds. The number of nitrogens with two attached hydrogens (primary N) is 2. The number of hydrogen-bond donors (Lipinski definition) is 4. The van der Waals surface area contributed by atoms with Crippen molar-refractivity contribution < 1.29 is 4.79 Å². The van der Waals surface area contributed by atoms with Crippen LogP contribution in [0, 0.1) is 0 Å². The number of carbonyl (C=O) groups excluding carboxylic acids is 1. The molecule has 9 nitrogen and oxygen atoms in total. The van der Waals surface area contributed by atoms with Crippen LogP contribution >= 0.6 is 0 Å². The fraction of sp³-hybridized carbons (Fsp3) is 0.125. The van der Waals surface area contributed by atoms with Gasteiger partial charge in [0, 0.05) is 48.2 Å². The minimum absolute atomic E-state index is 0.160. The van der Waals surface area contributed by atoms with E-state index in [1.54, 1.807) is 29.0 Å². The number of nitrogens with one attached hydrogen (secondary N) is 2. The zero-order chi connectivity index (χ0) is 23.2. The van der Waals surface area contributed by atoms with Gasteiger partial charge in [-0.2, -0.15) is 0 Å². The number of aromatic nitrogens is 2. The van der Waals surface area contributed by atoms with Gasteiger partial charge in [0.15, 0.2) is 5.84 Å². The molecule has 0 aliphatic rings. The summed E-state index contributed by atoms with van der Waals surface area (Å²) in [6, 6.07) is 18.3. The Morgan fingerprint density at radius 3 is 2.42 bits per heavy atom. The summed E-state index contributed by atoms with van der Waals surface area (Å²) in [5.74, 6) is 5.21. The second-order valence-electron chi connectivity index (χ2n) is 7.55. The van der Waals surface area contributed by atoms with Crippen molar-refractivity contribution in [3.63, 3.8) is 0 Å². The SMILES string of the molecule is NN/N=C(\N)c1ccc(Cn2ccc3ccc(C(=O)NCCn4cccc4)cc3c2=O)cc1. The molecule has 0 saturated heterocycles. The maximum Gasteiger partial charge on any atom is 0.258 e. The Hall–Kier alpha value is -4.37. The van der Waals surface area contributed by atoms with E-state index in [4.69, 9.17) is 11.6 Å². The van der Waals surface area contributed by atoms with Crippen molar-refractivity contribution in [1.29, 1.82) is 0 Å². The monoisotopic (exact) mass is 443 g/mol. The van der Waals surface area contributed by atoms with E-state index < -0.39 is 0 Å². The maximum atomic E-state index is 13.1. The highest BCUT2D eigenvalue weighted by Gasteiger charge is 2.10. The van der Waals surface area contributed by atoms with E-state index in [1.807, 2.05) is 59.4 Å². The first-order valence-corrected chi connectivity index (χ1v) is 10.5. The molecule has 9 heteroatoms. The first-order chi connectivity index (χ1) is 16.0. The van der Waals surface area contributed by atoms with Crippen LogP contribution in [0.2, 0.25) is 0 Å². The van der Waals surface area contributed by atoms with Crippen LogP contribution in [0.25, 0.3) is 10.8 Å². The Balaban J connectivity index is 1.51. The molecule has 2 aromatic carbocycles. The summed E-state index contributed by atoms with van der Waals surface area (Å²) in [4.78, 5) is 25.7. The summed E-state index contributed by atoms with van der Waals surface area (Å²) in [7, 11) is 0. The number of rotatable bonds is 8. The zero-order valence-electron chi connectivity index (χ0n) is 17.9. The van der Waals surface area contributed by atoms with E-state index in [0.717, 1.165) is 16.5 Å². The minimum atomic E-state index is -0.208. The highest BCUT2D eigenvalue weighted by molar-refractivity contribution is 5.98. The molecule has 2 aromatic heterocycles. The molecule has 33 heavy (non-hydrogen) atoms. The molecular weight excluding hydrogens is 418 g/mol. The molecule has 0 saturated carbocycles. The molecule has 0 spiro atoms. The molecule has 0 aliphatic carbocycles. The van der Waals surface area contributed by atoms with Crippen LogP contribution in [0.1, 0.15) is 21.5 Å². The summed E-state index contributed by atoms with van der Waals surface area (Å²) < 4.78 is 3.60. The van der Waals surface area contributed by atoms with E-state index in [1.165, 1.54) is 0 Å². The van der Waals surface area contributed by atoms with Gasteiger partial charge < -0.3 is 20.2 Å². The van der Waals surface area contributed by atoms with Gasteiger partial charge in [0.05, 0.1) is 6.54 Å². The van der Waals surface area contributed by atoms with Crippen molar-refractivity contribution in [3.8, 4) is 0 Å². The number of fused-ring (bicyclic) bond motifs is 1. The Morgan fingerprint density at radius 1 is 0.970 bits per heavy atom. The van der Waals surface area contributed by atoms with Gasteiger partial charge in [-0.3, -0.25) is 9.59 Å². The van der Waals surface area contributed by atoms with Crippen molar-refractivity contribution in [2.24, 2.45) is 16.7 Å². The predicted molar refractivity (Wildman–Crippen MR) is 129 cm³/mol. The quantitative estimate of drug-likeness (QED) is 0.141. The standard InChI is InChI=1S/C24H25N7O2/c25-22(28-29-26)19-5-3-17(4-6-19)16-31-13-9-18-7-8-20(15-21(18)24(31)33)23(32)27-10-14-30-11-1-2-12-30/h1-9,11-13,15,29H,10,14,16,26H2,(H2,25,28)(H,27,32). The Kier molecular flexibility index (Phi) is 6.51. The summed E-state index contributed by atoms with van der Waals surface area (Å²) in [5, 5.41) is 7.93. The molecule has 0 unspecified atom stereocenters. The van der Waals surface area contributed by atoms with Gasteiger partial charge in [0.25, 0.3) is 11.5 Å². The van der Waals surface area contributed by atoms with Gasteiger partial charge in [0.2, 0.25) is 0 Å². The third-order valence-electron chi connectivity index (χ3n) is 5.35. The van der Waals surface area contributed by atoms with Gasteiger partial charge in [-0.1, -0.05) is 30.3 Å². The lowest BCUT2D eigenvalue weighted by Gasteiger charge is -2.10. The van der Waals surface area contributed by atoms with Crippen LogP contribution in [0.3, 0.4) is 0 Å². The van der Waals surface area contributed by atoms with E-state index in [-0.39, 0.29) is 17.3 Å². The number of hydrogen-bond acceptors (Lipinski definition) is 5. The lowest BCUT2D eigenvalue weighted by molar-refractivity contribution is 0.0952. The second kappa shape index (κ2) is 9.84. The molecule has 6 N–H and O–H groups in total. The molecular formula is C24H25N7O2. The lowest BCUT2D eigenvalue weighted by atomic mass is 10.1. The van der Waals surface area contributed by atoms with Crippen LogP contribution in [-0.4, -0.2) is 27.4 Å². The fourth-order valence-electron chi connectivity index (χ4n) is 3.58. The molecule has 0 bridgehead atoms. The van der Waals surface area contributed by atoms with Crippen LogP contribution in [-0.2, 0) is 13.1 Å². The molecule has 0 fully saturated rings. The largest absolute Gasteiger partial charge is 0.382 e. The molecule has 168 valence electrons. The Labute approximate surface area is 190 Å². The number of benzene rings is 2.